The molecule has 1 aliphatic heterocycles. The lowest BCUT2D eigenvalue weighted by Crippen LogP contribution is -2.48. The maximum atomic E-state index is 12.9. The molecule has 5 rings (SSSR count). The fourth-order valence-corrected chi connectivity index (χ4v) is 4.59. The number of carbonyl (C=O) groups is 1. The first-order chi connectivity index (χ1) is 17.1. The number of nitrogens with one attached hydrogen (secondary N) is 1. The van der Waals surface area contributed by atoms with E-state index in [-0.39, 0.29) is 12.5 Å². The average molecular weight is 491 g/mol. The summed E-state index contributed by atoms with van der Waals surface area (Å²) in [5.41, 5.74) is 1.77. The molecule has 0 atom stereocenters. The Bertz CT molecular complexity index is 1300. The van der Waals surface area contributed by atoms with Gasteiger partial charge < -0.3 is 19.4 Å². The maximum absolute atomic E-state index is 12.9. The highest BCUT2D eigenvalue weighted by Gasteiger charge is 2.21. The molecule has 0 radical (unpaired) electrons. The van der Waals surface area contributed by atoms with Gasteiger partial charge in [0, 0.05) is 55.6 Å². The van der Waals surface area contributed by atoms with E-state index in [4.69, 9.17) is 9.15 Å². The number of nitrogens with zero attached hydrogens (tertiary/aromatic N) is 5. The second-order valence-electron chi connectivity index (χ2n) is 8.22. The van der Waals surface area contributed by atoms with Gasteiger partial charge in [0.15, 0.2) is 11.6 Å². The second kappa shape index (κ2) is 10.2. The van der Waals surface area contributed by atoms with Crippen molar-refractivity contribution in [2.75, 3.05) is 50.1 Å². The molecule has 180 valence electrons. The number of hydrogen-bond acceptors (Lipinski definition) is 9. The molecular weight excluding hydrogens is 464 g/mol. The quantitative estimate of drug-likeness (QED) is 0.416. The summed E-state index contributed by atoms with van der Waals surface area (Å²) in [5.74, 6) is 2.87. The summed E-state index contributed by atoms with van der Waals surface area (Å²) in [6.07, 6.45) is 1.72. The van der Waals surface area contributed by atoms with Crippen molar-refractivity contribution in [3.63, 3.8) is 0 Å². The first-order valence-electron chi connectivity index (χ1n) is 11.3. The van der Waals surface area contributed by atoms with Gasteiger partial charge in [-0.05, 0) is 31.2 Å². The van der Waals surface area contributed by atoms with Crippen LogP contribution in [0.1, 0.15) is 5.76 Å². The summed E-state index contributed by atoms with van der Waals surface area (Å²) < 4.78 is 11.0. The lowest BCUT2D eigenvalue weighted by atomic mass is 10.2. The molecule has 4 heterocycles. The third-order valence-corrected chi connectivity index (χ3v) is 6.56. The molecule has 0 spiro atoms. The van der Waals surface area contributed by atoms with Crippen molar-refractivity contribution in [3.8, 4) is 28.0 Å². The lowest BCUT2D eigenvalue weighted by Gasteiger charge is -2.35. The van der Waals surface area contributed by atoms with E-state index < -0.39 is 0 Å². The van der Waals surface area contributed by atoms with E-state index in [1.54, 1.807) is 19.4 Å². The van der Waals surface area contributed by atoms with Crippen LogP contribution in [0.3, 0.4) is 0 Å². The van der Waals surface area contributed by atoms with Crippen LogP contribution in [-0.4, -0.2) is 65.6 Å². The molecule has 3 aromatic heterocycles. The van der Waals surface area contributed by atoms with Gasteiger partial charge in [0.05, 0.1) is 13.7 Å². The van der Waals surface area contributed by atoms with E-state index in [0.29, 0.717) is 23.1 Å². The molecule has 1 fully saturated rings. The number of hydrogen-bond donors (Lipinski definition) is 1. The van der Waals surface area contributed by atoms with E-state index in [0.717, 1.165) is 48.4 Å². The Morgan fingerprint density at radius 1 is 1.14 bits per heavy atom. The van der Waals surface area contributed by atoms with Crippen LogP contribution in [0.5, 0.6) is 5.75 Å². The summed E-state index contributed by atoms with van der Waals surface area (Å²) in [6.45, 7) is 5.41. The van der Waals surface area contributed by atoms with Crippen molar-refractivity contribution in [2.45, 2.75) is 6.92 Å². The van der Waals surface area contributed by atoms with Gasteiger partial charge in [0.2, 0.25) is 5.91 Å². The predicted molar refractivity (Wildman–Crippen MR) is 136 cm³/mol. The molecule has 9 nitrogen and oxygen atoms in total. The first-order valence-corrected chi connectivity index (χ1v) is 12.2. The summed E-state index contributed by atoms with van der Waals surface area (Å²) in [5, 5.41) is 5.58. The molecule has 35 heavy (non-hydrogen) atoms. The molecule has 0 bridgehead atoms. The third kappa shape index (κ3) is 5.50. The van der Waals surface area contributed by atoms with Crippen LogP contribution in [-0.2, 0) is 4.79 Å². The van der Waals surface area contributed by atoms with Gasteiger partial charge in [0.25, 0.3) is 0 Å². The fraction of sp³-hybridized carbons (Fsp3) is 0.280. The van der Waals surface area contributed by atoms with Crippen molar-refractivity contribution >= 4 is 28.7 Å². The molecule has 0 aliphatic carbocycles. The van der Waals surface area contributed by atoms with Gasteiger partial charge in [-0.1, -0.05) is 6.07 Å². The fourth-order valence-electron chi connectivity index (χ4n) is 3.99. The van der Waals surface area contributed by atoms with E-state index in [2.05, 4.69) is 36.1 Å². The highest BCUT2D eigenvalue weighted by atomic mass is 32.1. The van der Waals surface area contributed by atoms with Crippen molar-refractivity contribution in [1.29, 1.82) is 0 Å². The van der Waals surface area contributed by atoms with E-state index in [1.807, 2.05) is 42.6 Å². The van der Waals surface area contributed by atoms with Crippen LogP contribution in [0.25, 0.3) is 22.3 Å². The molecule has 10 heteroatoms. The van der Waals surface area contributed by atoms with Crippen LogP contribution < -0.4 is 15.0 Å². The minimum atomic E-state index is -0.120. The monoisotopic (exact) mass is 490 g/mol. The molecule has 0 unspecified atom stereocenters. The molecule has 1 aromatic carbocycles. The largest absolute Gasteiger partial charge is 0.497 e. The number of ether oxygens (including phenoxy) is 1. The smallest absolute Gasteiger partial charge is 0.239 e. The zero-order valence-corrected chi connectivity index (χ0v) is 20.4. The Hall–Kier alpha value is -3.76. The Labute approximate surface area is 207 Å². The number of thiazole rings is 1. The maximum Gasteiger partial charge on any atom is 0.239 e. The van der Waals surface area contributed by atoms with Gasteiger partial charge in [-0.3, -0.25) is 9.69 Å². The first kappa shape index (κ1) is 23.0. The Kier molecular flexibility index (Phi) is 6.73. The number of aromatic nitrogens is 3. The van der Waals surface area contributed by atoms with Gasteiger partial charge in [0.1, 0.15) is 28.0 Å². The van der Waals surface area contributed by atoms with Crippen molar-refractivity contribution in [2.24, 2.45) is 0 Å². The molecule has 1 aliphatic rings. The van der Waals surface area contributed by atoms with Gasteiger partial charge in [-0.15, -0.1) is 11.3 Å². The number of aryl methyl sites for hydroxylation is 1. The van der Waals surface area contributed by atoms with Gasteiger partial charge in [-0.25, -0.2) is 15.0 Å². The van der Waals surface area contributed by atoms with Crippen molar-refractivity contribution in [3.05, 3.63) is 59.8 Å². The minimum Gasteiger partial charge on any atom is -0.497 e. The summed E-state index contributed by atoms with van der Waals surface area (Å²) in [6, 6.07) is 13.5. The van der Waals surface area contributed by atoms with Gasteiger partial charge in [-0.2, -0.15) is 0 Å². The van der Waals surface area contributed by atoms with Gasteiger partial charge >= 0.3 is 0 Å². The standard InChI is InChI=1S/C25H26N6O3S/c1-17-6-7-21(34-17)24-27-20(25-26-8-13-35-25)15-22(29-24)28-23(32)16-30-9-11-31(12-10-30)18-4-3-5-19(14-18)33-2/h3-8,13-15H,9-12,16H2,1-2H3,(H,27,28,29,32). The molecule has 4 aromatic rings. The normalized spacial score (nSPS) is 14.2. The Balaban J connectivity index is 1.25. The lowest BCUT2D eigenvalue weighted by molar-refractivity contribution is -0.117. The number of carbonyl (C=O) groups excluding carboxylic acids is 1. The minimum absolute atomic E-state index is 0.120. The van der Waals surface area contributed by atoms with Crippen molar-refractivity contribution < 1.29 is 13.9 Å². The number of anilines is 2. The van der Waals surface area contributed by atoms with Crippen LogP contribution in [0.15, 0.2) is 58.5 Å². The molecule has 1 N–H and O–H groups in total. The molecule has 1 saturated heterocycles. The Morgan fingerprint density at radius 3 is 2.71 bits per heavy atom. The topological polar surface area (TPSA) is 96.6 Å². The number of piperazine rings is 1. The highest BCUT2D eigenvalue weighted by molar-refractivity contribution is 7.13. The van der Waals surface area contributed by atoms with Crippen LogP contribution >= 0.6 is 11.3 Å². The van der Waals surface area contributed by atoms with E-state index >= 15 is 0 Å². The third-order valence-electron chi connectivity index (χ3n) is 5.76. The van der Waals surface area contributed by atoms with E-state index in [9.17, 15) is 4.79 Å². The number of rotatable bonds is 7. The zero-order valence-electron chi connectivity index (χ0n) is 19.6. The van der Waals surface area contributed by atoms with Crippen molar-refractivity contribution in [1.82, 2.24) is 19.9 Å². The summed E-state index contributed by atoms with van der Waals surface area (Å²) in [4.78, 5) is 30.8. The number of furan rings is 1. The summed E-state index contributed by atoms with van der Waals surface area (Å²) in [7, 11) is 1.67. The number of amides is 1. The Morgan fingerprint density at radius 2 is 2.00 bits per heavy atom. The molecular formula is C25H26N6O3S. The molecule has 0 saturated carbocycles. The zero-order chi connectivity index (χ0) is 24.2. The predicted octanol–water partition coefficient (Wildman–Crippen LogP) is 3.94. The number of benzene rings is 1. The number of methoxy groups -OCH3 is 1. The second-order valence-corrected chi connectivity index (χ2v) is 9.12. The van der Waals surface area contributed by atoms with E-state index in [1.165, 1.54) is 11.3 Å². The molecule has 1 amide bonds. The highest BCUT2D eigenvalue weighted by Crippen LogP contribution is 2.27. The summed E-state index contributed by atoms with van der Waals surface area (Å²) >= 11 is 1.48. The average Bonchev–Trinajstić information content (AvgIpc) is 3.57. The van der Waals surface area contributed by atoms with Crippen LogP contribution in [0, 0.1) is 6.92 Å². The van der Waals surface area contributed by atoms with Crippen LogP contribution in [0.4, 0.5) is 11.5 Å². The SMILES string of the molecule is COc1cccc(N2CCN(CC(=O)Nc3cc(-c4nccs4)nc(-c4ccc(C)o4)n3)CC2)c1. The van der Waals surface area contributed by atoms with Crippen LogP contribution in [0.2, 0.25) is 0 Å².